The molecule has 0 radical (unpaired) electrons. The van der Waals surface area contributed by atoms with Crippen LogP contribution < -0.4 is 0 Å². The number of hydrogen-bond acceptors (Lipinski definition) is 4. The number of benzene rings is 8. The summed E-state index contributed by atoms with van der Waals surface area (Å²) in [7, 11) is 0. The van der Waals surface area contributed by atoms with Gasteiger partial charge in [-0.3, -0.25) is 0 Å². The normalized spacial score (nSPS) is 14.0. The van der Waals surface area contributed by atoms with E-state index >= 15 is 0 Å². The van der Waals surface area contributed by atoms with E-state index in [9.17, 15) is 0 Å². The molecule has 2 aromatic heterocycles. The SMILES string of the molecule is [2H]c1c([2H])c([2H])c(-c2nc(-c3cccc(-c4cccc5c4-c4ccccc4C5(C)C)c3)nc(-c3ccc4c(c3)oc3cccc(-c5cccc(-c6ccccc6)c5)c34)n2)c([2H])c1[2H]. The van der Waals surface area contributed by atoms with Crippen LogP contribution >= 0.6 is 0 Å². The summed E-state index contributed by atoms with van der Waals surface area (Å²) in [6.45, 7) is 4.52. The van der Waals surface area contributed by atoms with E-state index in [0.29, 0.717) is 22.5 Å². The lowest BCUT2D eigenvalue weighted by molar-refractivity contribution is 0.660. The molecule has 0 atom stereocenters. The summed E-state index contributed by atoms with van der Waals surface area (Å²) >= 11 is 0. The smallest absolute Gasteiger partial charge is 0.164 e. The summed E-state index contributed by atoms with van der Waals surface area (Å²) in [6.07, 6.45) is 0. The number of furan rings is 1. The third-order valence-corrected chi connectivity index (χ3v) is 11.4. The van der Waals surface area contributed by atoms with Gasteiger partial charge in [0.05, 0.1) is 6.85 Å². The molecule has 274 valence electrons. The van der Waals surface area contributed by atoms with Crippen molar-refractivity contribution in [3.8, 4) is 78.7 Å². The minimum absolute atomic E-state index is 0.0287. The molecule has 1 aliphatic rings. The summed E-state index contributed by atoms with van der Waals surface area (Å²) in [5.74, 6) is 0.530. The van der Waals surface area contributed by atoms with Crippen LogP contribution in [-0.4, -0.2) is 15.0 Å². The third kappa shape index (κ3) is 5.56. The molecule has 11 rings (SSSR count). The first-order chi connectivity index (χ1) is 30.6. The molecular weight excluding hydrogens is 707 g/mol. The molecule has 8 aromatic carbocycles. The van der Waals surface area contributed by atoms with Crippen molar-refractivity contribution in [2.45, 2.75) is 19.3 Å². The summed E-state index contributed by atoms with van der Waals surface area (Å²) < 4.78 is 49.5. The maximum Gasteiger partial charge on any atom is 0.164 e. The maximum absolute atomic E-state index is 8.87. The molecule has 0 unspecified atom stereocenters. The van der Waals surface area contributed by atoms with Gasteiger partial charge in [-0.05, 0) is 86.0 Å². The first kappa shape index (κ1) is 28.9. The van der Waals surface area contributed by atoms with Crippen molar-refractivity contribution in [1.82, 2.24) is 15.0 Å². The van der Waals surface area contributed by atoms with Gasteiger partial charge in [-0.25, -0.2) is 15.0 Å². The van der Waals surface area contributed by atoms with Crippen LogP contribution in [-0.2, 0) is 5.41 Å². The largest absolute Gasteiger partial charge is 0.456 e. The Morgan fingerprint density at radius 3 is 1.81 bits per heavy atom. The van der Waals surface area contributed by atoms with Gasteiger partial charge >= 0.3 is 0 Å². The van der Waals surface area contributed by atoms with Crippen LogP contribution in [0.5, 0.6) is 0 Å². The average Bonchev–Trinajstić information content (AvgIpc) is 3.82. The van der Waals surface area contributed by atoms with Gasteiger partial charge in [-0.15, -0.1) is 0 Å². The van der Waals surface area contributed by atoms with Crippen molar-refractivity contribution in [2.24, 2.45) is 0 Å². The molecule has 0 N–H and O–H groups in total. The molecule has 0 amide bonds. The summed E-state index contributed by atoms with van der Waals surface area (Å²) in [5, 5.41) is 1.90. The summed E-state index contributed by atoms with van der Waals surface area (Å²) in [4.78, 5) is 14.7. The van der Waals surface area contributed by atoms with Gasteiger partial charge in [0.2, 0.25) is 0 Å². The van der Waals surface area contributed by atoms with Gasteiger partial charge in [-0.2, -0.15) is 0 Å². The van der Waals surface area contributed by atoms with Crippen molar-refractivity contribution in [3.63, 3.8) is 0 Å². The molecule has 4 heteroatoms. The lowest BCUT2D eigenvalue weighted by Gasteiger charge is -2.21. The molecule has 0 spiro atoms. The van der Waals surface area contributed by atoms with E-state index in [2.05, 4.69) is 105 Å². The zero-order valence-corrected chi connectivity index (χ0v) is 31.8. The number of aromatic nitrogens is 3. The van der Waals surface area contributed by atoms with E-state index in [0.717, 1.165) is 49.7 Å². The Balaban J connectivity index is 1.07. The van der Waals surface area contributed by atoms with Crippen molar-refractivity contribution < 1.29 is 11.3 Å². The molecule has 0 bridgehead atoms. The Kier molecular flexibility index (Phi) is 6.66. The van der Waals surface area contributed by atoms with Crippen LogP contribution in [0.4, 0.5) is 0 Å². The monoisotopic (exact) mass is 748 g/mol. The van der Waals surface area contributed by atoms with Crippen LogP contribution in [0.15, 0.2) is 192 Å². The molecule has 0 saturated carbocycles. The second kappa shape index (κ2) is 13.4. The van der Waals surface area contributed by atoms with Gasteiger partial charge in [-0.1, -0.05) is 171 Å². The topological polar surface area (TPSA) is 51.8 Å². The van der Waals surface area contributed by atoms with Gasteiger partial charge < -0.3 is 4.42 Å². The minimum atomic E-state index is -0.488. The first-order valence-corrected chi connectivity index (χ1v) is 19.4. The quantitative estimate of drug-likeness (QED) is 0.170. The van der Waals surface area contributed by atoms with E-state index in [4.69, 9.17) is 26.2 Å². The van der Waals surface area contributed by atoms with Crippen molar-refractivity contribution >= 4 is 21.9 Å². The van der Waals surface area contributed by atoms with Gasteiger partial charge in [0.1, 0.15) is 11.2 Å². The Hall–Kier alpha value is -7.43. The predicted molar refractivity (Wildman–Crippen MR) is 237 cm³/mol. The Morgan fingerprint density at radius 2 is 1.00 bits per heavy atom. The Morgan fingerprint density at radius 1 is 0.431 bits per heavy atom. The van der Waals surface area contributed by atoms with Crippen LogP contribution in [0.3, 0.4) is 0 Å². The summed E-state index contributed by atoms with van der Waals surface area (Å²) in [6, 6.07) is 51.5. The van der Waals surface area contributed by atoms with E-state index < -0.39 is 30.2 Å². The van der Waals surface area contributed by atoms with Crippen LogP contribution in [0.2, 0.25) is 0 Å². The summed E-state index contributed by atoms with van der Waals surface area (Å²) in [5.41, 5.74) is 13.7. The minimum Gasteiger partial charge on any atom is -0.456 e. The number of hydrogen-bond donors (Lipinski definition) is 0. The molecule has 58 heavy (non-hydrogen) atoms. The molecule has 1 aliphatic carbocycles. The third-order valence-electron chi connectivity index (χ3n) is 11.4. The number of fused-ring (bicyclic) bond motifs is 6. The highest BCUT2D eigenvalue weighted by atomic mass is 16.3. The lowest BCUT2D eigenvalue weighted by Crippen LogP contribution is -2.14. The van der Waals surface area contributed by atoms with E-state index in [-0.39, 0.29) is 22.6 Å². The molecule has 0 saturated heterocycles. The van der Waals surface area contributed by atoms with Crippen LogP contribution in [0.25, 0.3) is 101 Å². The zero-order chi connectivity index (χ0) is 43.1. The second-order valence-corrected chi connectivity index (χ2v) is 15.2. The molecule has 10 aromatic rings. The molecule has 2 heterocycles. The second-order valence-electron chi connectivity index (χ2n) is 15.2. The van der Waals surface area contributed by atoms with Gasteiger partial charge in [0.15, 0.2) is 17.5 Å². The molecule has 4 nitrogen and oxygen atoms in total. The Bertz CT molecular complexity index is 3480. The molecule has 0 aliphatic heterocycles. The fourth-order valence-corrected chi connectivity index (χ4v) is 8.63. The number of rotatable bonds is 6. The van der Waals surface area contributed by atoms with E-state index in [1.165, 1.54) is 22.3 Å². The highest BCUT2D eigenvalue weighted by molar-refractivity contribution is 6.13. The zero-order valence-electron chi connectivity index (χ0n) is 36.8. The van der Waals surface area contributed by atoms with Crippen molar-refractivity contribution in [2.75, 3.05) is 0 Å². The fraction of sp³-hybridized carbons (Fsp3) is 0.0556. The van der Waals surface area contributed by atoms with E-state index in [1.807, 2.05) is 66.7 Å². The first-order valence-electron chi connectivity index (χ1n) is 21.9. The number of nitrogens with zero attached hydrogens (tertiary/aromatic N) is 3. The van der Waals surface area contributed by atoms with Crippen LogP contribution in [0, 0.1) is 0 Å². The highest BCUT2D eigenvalue weighted by Gasteiger charge is 2.36. The van der Waals surface area contributed by atoms with Crippen molar-refractivity contribution in [3.05, 3.63) is 199 Å². The molecule has 0 fully saturated rings. The fourth-order valence-electron chi connectivity index (χ4n) is 8.63. The lowest BCUT2D eigenvalue weighted by atomic mass is 9.82. The standard InChI is InChI=1S/C54H37N3O/c1-54(2)45-26-10-9-23-43(45)49-41(24-13-27-46(49)54)38-21-12-22-39(32-38)52-55-51(35-17-7-4-8-18-35)56-53(57-52)40-29-30-44-48(33-40)58-47-28-14-25-42(50(44)47)37-20-11-19-36(31-37)34-15-5-3-6-16-34/h3-33H,1-2H3/i4D,7D,8D,17D,18D. The Labute approximate surface area is 344 Å². The maximum atomic E-state index is 8.87. The van der Waals surface area contributed by atoms with Gasteiger partial charge in [0.25, 0.3) is 0 Å². The molecular formula is C54H37N3O. The van der Waals surface area contributed by atoms with Gasteiger partial charge in [0, 0.05) is 32.9 Å². The highest BCUT2D eigenvalue weighted by Crippen LogP contribution is 2.52. The van der Waals surface area contributed by atoms with Crippen molar-refractivity contribution in [1.29, 1.82) is 0 Å². The predicted octanol–water partition coefficient (Wildman–Crippen LogP) is 14.1. The van der Waals surface area contributed by atoms with Crippen LogP contribution in [0.1, 0.15) is 31.8 Å². The average molecular weight is 749 g/mol. The van der Waals surface area contributed by atoms with E-state index in [1.54, 1.807) is 0 Å².